The average molecular weight is 821 g/mol. The predicted octanol–water partition coefficient (Wildman–Crippen LogP) is 4.62. The first-order chi connectivity index (χ1) is 27.4. The Morgan fingerprint density at radius 3 is 1.84 bits per heavy atom. The van der Waals surface area contributed by atoms with Gasteiger partial charge in [0.05, 0.1) is 44.0 Å². The standard InChI is InChI=1S/C42H64N2O14/c1-11-42(10,19-23(2)31-15-13-12-14-16-31)40(48)50-18-17-43-41(49)44-37-34(54-28(7)45)26(5)32(21-51-37)57-39-36(56-30(9)47)27(6)33(22-53-39)58-38-35(55-29(8)46)25(4)24(3)20-52-38/h12-16,23-27,32-39H,11,17-22H2,1-10H3,(H2,43,44,49). The number of benzene rings is 1. The number of esters is 4. The molecule has 1 aromatic rings. The number of amides is 2. The van der Waals surface area contributed by atoms with E-state index < -0.39 is 90.5 Å². The minimum Gasteiger partial charge on any atom is -0.463 e. The summed E-state index contributed by atoms with van der Waals surface area (Å²) in [7, 11) is 0. The van der Waals surface area contributed by atoms with Crippen LogP contribution in [-0.2, 0) is 61.8 Å². The molecule has 326 valence electrons. The van der Waals surface area contributed by atoms with Crippen LogP contribution in [0.5, 0.6) is 0 Å². The molecule has 2 N–H and O–H groups in total. The molecule has 16 nitrogen and oxygen atoms in total. The van der Waals surface area contributed by atoms with E-state index in [1.165, 1.54) is 20.8 Å². The second-order valence-corrected chi connectivity index (χ2v) is 16.2. The lowest BCUT2D eigenvalue weighted by atomic mass is 9.77. The molecule has 3 heterocycles. The fourth-order valence-electron chi connectivity index (χ4n) is 7.60. The molecule has 1 aromatic carbocycles. The SMILES string of the molecule is CCC(C)(CC(C)c1ccccc1)C(=O)OCCNC(=O)NC1OCC(OC2OCC(OC3OCC(C)C(C)C3OC(C)=O)C(C)C2OC(C)=O)C(C)C1OC(C)=O. The number of carbonyl (C=O) groups is 5. The van der Waals surface area contributed by atoms with Crippen molar-refractivity contribution in [1.29, 1.82) is 0 Å². The van der Waals surface area contributed by atoms with Gasteiger partial charge in [-0.1, -0.05) is 71.9 Å². The molecule has 58 heavy (non-hydrogen) atoms. The third kappa shape index (κ3) is 12.6. The lowest BCUT2D eigenvalue weighted by molar-refractivity contribution is -0.327. The van der Waals surface area contributed by atoms with E-state index in [1.807, 2.05) is 65.0 Å². The third-order valence-corrected chi connectivity index (χ3v) is 11.7. The van der Waals surface area contributed by atoms with E-state index in [9.17, 15) is 24.0 Å². The highest BCUT2D eigenvalue weighted by atomic mass is 16.7. The summed E-state index contributed by atoms with van der Waals surface area (Å²) < 4.78 is 53.3. The van der Waals surface area contributed by atoms with Crippen molar-refractivity contribution in [2.75, 3.05) is 33.0 Å². The van der Waals surface area contributed by atoms with Crippen LogP contribution in [0, 0.1) is 29.1 Å². The zero-order valence-corrected chi connectivity index (χ0v) is 35.6. The van der Waals surface area contributed by atoms with Crippen LogP contribution in [-0.4, -0.2) is 112 Å². The number of hydrogen-bond donors (Lipinski definition) is 2. The number of hydrogen-bond acceptors (Lipinski definition) is 14. The van der Waals surface area contributed by atoms with Gasteiger partial charge in [0.15, 0.2) is 37.1 Å². The minimum absolute atomic E-state index is 0.0307. The molecule has 14 unspecified atom stereocenters. The van der Waals surface area contributed by atoms with E-state index in [4.69, 9.17) is 42.6 Å². The van der Waals surface area contributed by atoms with Crippen LogP contribution >= 0.6 is 0 Å². The Kier molecular flexibility index (Phi) is 17.3. The van der Waals surface area contributed by atoms with Crippen molar-refractivity contribution >= 4 is 29.9 Å². The molecule has 16 heteroatoms. The van der Waals surface area contributed by atoms with Gasteiger partial charge in [0, 0.05) is 38.5 Å². The van der Waals surface area contributed by atoms with Gasteiger partial charge in [-0.2, -0.15) is 0 Å². The summed E-state index contributed by atoms with van der Waals surface area (Å²) in [5.74, 6) is -2.66. The maximum absolute atomic E-state index is 13.1. The van der Waals surface area contributed by atoms with Crippen molar-refractivity contribution in [3.05, 3.63) is 35.9 Å². The third-order valence-electron chi connectivity index (χ3n) is 11.7. The monoisotopic (exact) mass is 820 g/mol. The molecule has 3 aliphatic heterocycles. The first-order valence-electron chi connectivity index (χ1n) is 20.4. The maximum atomic E-state index is 13.1. The number of urea groups is 1. The first-order valence-corrected chi connectivity index (χ1v) is 20.4. The van der Waals surface area contributed by atoms with Gasteiger partial charge in [0.1, 0.15) is 6.61 Å². The second kappa shape index (κ2) is 21.4. The van der Waals surface area contributed by atoms with Crippen LogP contribution in [0.4, 0.5) is 4.79 Å². The van der Waals surface area contributed by atoms with Crippen LogP contribution < -0.4 is 10.6 Å². The lowest BCUT2D eigenvalue weighted by Crippen LogP contribution is -2.61. The van der Waals surface area contributed by atoms with Gasteiger partial charge < -0.3 is 53.3 Å². The Labute approximate surface area is 341 Å². The largest absolute Gasteiger partial charge is 0.463 e. The lowest BCUT2D eigenvalue weighted by Gasteiger charge is -2.46. The van der Waals surface area contributed by atoms with Crippen LogP contribution in [0.15, 0.2) is 30.3 Å². The molecule has 0 aromatic heterocycles. The quantitative estimate of drug-likeness (QED) is 0.133. The summed E-state index contributed by atoms with van der Waals surface area (Å²) in [5.41, 5.74) is 0.443. The van der Waals surface area contributed by atoms with Gasteiger partial charge in [0.2, 0.25) is 0 Å². The molecule has 0 spiro atoms. The molecule has 3 fully saturated rings. The van der Waals surface area contributed by atoms with Crippen molar-refractivity contribution in [3.63, 3.8) is 0 Å². The summed E-state index contributed by atoms with van der Waals surface area (Å²) in [6.45, 7) is 17.8. The highest BCUT2D eigenvalue weighted by Gasteiger charge is 2.49. The topological polar surface area (TPSA) is 192 Å². The Morgan fingerprint density at radius 2 is 1.28 bits per heavy atom. The number of ether oxygens (including phenoxy) is 9. The van der Waals surface area contributed by atoms with Crippen molar-refractivity contribution in [1.82, 2.24) is 10.6 Å². The molecular formula is C42H64N2O14. The summed E-state index contributed by atoms with van der Waals surface area (Å²) in [5, 5.41) is 5.38. The van der Waals surface area contributed by atoms with E-state index in [2.05, 4.69) is 17.6 Å². The molecule has 0 bridgehead atoms. The van der Waals surface area contributed by atoms with Crippen molar-refractivity contribution in [2.45, 2.75) is 137 Å². The molecule has 2 amide bonds. The molecule has 4 rings (SSSR count). The smallest absolute Gasteiger partial charge is 0.317 e. The average Bonchev–Trinajstić information content (AvgIpc) is 3.17. The Hall–Kier alpha value is -3.83. The van der Waals surface area contributed by atoms with E-state index in [1.54, 1.807) is 6.92 Å². The summed E-state index contributed by atoms with van der Waals surface area (Å²) >= 11 is 0. The zero-order valence-electron chi connectivity index (χ0n) is 35.6. The molecule has 0 radical (unpaired) electrons. The van der Waals surface area contributed by atoms with E-state index >= 15 is 0 Å². The van der Waals surface area contributed by atoms with E-state index in [0.717, 1.165) is 5.56 Å². The van der Waals surface area contributed by atoms with Crippen molar-refractivity contribution in [2.24, 2.45) is 29.1 Å². The molecule has 0 aliphatic carbocycles. The van der Waals surface area contributed by atoms with Crippen LogP contribution in [0.3, 0.4) is 0 Å². The first kappa shape index (κ1) is 46.9. The minimum atomic E-state index is -1.05. The normalized spacial score (nSPS) is 32.7. The Bertz CT molecular complexity index is 1530. The van der Waals surface area contributed by atoms with Crippen LogP contribution in [0.1, 0.15) is 93.6 Å². The summed E-state index contributed by atoms with van der Waals surface area (Å²) in [4.78, 5) is 62.5. The van der Waals surface area contributed by atoms with Gasteiger partial charge in [-0.3, -0.25) is 19.2 Å². The Balaban J connectivity index is 1.32. The fourth-order valence-corrected chi connectivity index (χ4v) is 7.60. The van der Waals surface area contributed by atoms with Gasteiger partial charge in [0.25, 0.3) is 0 Å². The fraction of sp³-hybridized carbons (Fsp3) is 0.738. The van der Waals surface area contributed by atoms with E-state index in [0.29, 0.717) is 19.4 Å². The van der Waals surface area contributed by atoms with Crippen LogP contribution in [0.2, 0.25) is 0 Å². The number of carbonyl (C=O) groups excluding carboxylic acids is 5. The highest BCUT2D eigenvalue weighted by molar-refractivity contribution is 5.77. The molecular weight excluding hydrogens is 756 g/mol. The number of rotatable bonds is 16. The van der Waals surface area contributed by atoms with E-state index in [-0.39, 0.29) is 50.1 Å². The maximum Gasteiger partial charge on any atom is 0.317 e. The molecule has 0 saturated carbocycles. The van der Waals surface area contributed by atoms with Crippen molar-refractivity contribution < 1.29 is 66.6 Å². The molecule has 3 aliphatic rings. The Morgan fingerprint density at radius 1 is 0.759 bits per heavy atom. The zero-order chi connectivity index (χ0) is 42.7. The molecule has 14 atom stereocenters. The predicted molar refractivity (Wildman–Crippen MR) is 208 cm³/mol. The van der Waals surface area contributed by atoms with Gasteiger partial charge in [-0.25, -0.2) is 4.79 Å². The van der Waals surface area contributed by atoms with Crippen LogP contribution in [0.25, 0.3) is 0 Å². The van der Waals surface area contributed by atoms with Gasteiger partial charge >= 0.3 is 29.9 Å². The van der Waals surface area contributed by atoms with Gasteiger partial charge in [-0.15, -0.1) is 0 Å². The number of nitrogens with one attached hydrogen (secondary N) is 2. The molecule has 3 saturated heterocycles. The summed E-state index contributed by atoms with van der Waals surface area (Å²) in [6.07, 6.45) is -5.59. The van der Waals surface area contributed by atoms with Crippen molar-refractivity contribution in [3.8, 4) is 0 Å². The van der Waals surface area contributed by atoms with Gasteiger partial charge in [-0.05, 0) is 37.2 Å². The highest BCUT2D eigenvalue weighted by Crippen LogP contribution is 2.37. The second-order valence-electron chi connectivity index (χ2n) is 16.2. The summed E-state index contributed by atoms with van der Waals surface area (Å²) in [6, 6.07) is 9.38.